The van der Waals surface area contributed by atoms with Gasteiger partial charge in [-0.1, -0.05) is 0 Å². The Bertz CT molecular complexity index is 680. The van der Waals surface area contributed by atoms with Gasteiger partial charge in [-0.2, -0.15) is 0 Å². The first-order valence-electron chi connectivity index (χ1n) is 7.86. The highest BCUT2D eigenvalue weighted by molar-refractivity contribution is 5.40. The molecule has 3 rings (SSSR count). The molecule has 0 unspecified atom stereocenters. The summed E-state index contributed by atoms with van der Waals surface area (Å²) in [4.78, 5) is 16.6. The first kappa shape index (κ1) is 16.4. The summed E-state index contributed by atoms with van der Waals surface area (Å²) in [6, 6.07) is 7.05. The maximum atomic E-state index is 10.7. The molecular weight excluding hydrogens is 312 g/mol. The smallest absolute Gasteiger partial charge is 0.287 e. The number of nitrogens with one attached hydrogen (secondary N) is 1. The second kappa shape index (κ2) is 7.41. The molecule has 0 bridgehead atoms. The summed E-state index contributed by atoms with van der Waals surface area (Å²) in [6.07, 6.45) is 1.25. The van der Waals surface area contributed by atoms with Crippen LogP contribution in [-0.4, -0.2) is 47.7 Å². The minimum atomic E-state index is -0.459. The Morgan fingerprint density at radius 2 is 2.12 bits per heavy atom. The van der Waals surface area contributed by atoms with Crippen LogP contribution in [0.1, 0.15) is 17.6 Å². The van der Waals surface area contributed by atoms with Gasteiger partial charge in [0.1, 0.15) is 23.5 Å². The fourth-order valence-electron chi connectivity index (χ4n) is 2.73. The number of aryl methyl sites for hydroxylation is 1. The van der Waals surface area contributed by atoms with Crippen LogP contribution in [-0.2, 0) is 4.74 Å². The van der Waals surface area contributed by atoms with Crippen LogP contribution >= 0.6 is 0 Å². The first-order chi connectivity index (χ1) is 11.6. The Labute approximate surface area is 139 Å². The van der Waals surface area contributed by atoms with E-state index >= 15 is 0 Å². The molecule has 2 aromatic heterocycles. The molecule has 8 heteroatoms. The number of nitrogens with zero attached hydrogens (tertiary/aromatic N) is 3. The predicted molar refractivity (Wildman–Crippen MR) is 88.0 cm³/mol. The number of rotatable bonds is 6. The zero-order chi connectivity index (χ0) is 16.9. The normalized spacial score (nSPS) is 16.7. The van der Waals surface area contributed by atoms with E-state index in [1.165, 1.54) is 12.3 Å². The molecule has 0 amide bonds. The average molecular weight is 332 g/mol. The van der Waals surface area contributed by atoms with Crippen molar-refractivity contribution in [1.29, 1.82) is 0 Å². The van der Waals surface area contributed by atoms with Gasteiger partial charge in [0.25, 0.3) is 5.69 Å². The summed E-state index contributed by atoms with van der Waals surface area (Å²) in [5.74, 6) is 2.36. The number of anilines is 1. The van der Waals surface area contributed by atoms with Gasteiger partial charge in [0.2, 0.25) is 0 Å². The number of hydrogen-bond acceptors (Lipinski definition) is 7. The quantitative estimate of drug-likeness (QED) is 0.641. The standard InChI is InChI=1S/C16H20N4O4/c1-12-2-4-15(24-12)14(19-6-8-23-9-7-19)11-18-16-5-3-13(10-17-16)20(21)22/h2-5,10,14H,6-9,11H2,1H3,(H,17,18)/t14-/m0/s1. The van der Waals surface area contributed by atoms with E-state index in [2.05, 4.69) is 15.2 Å². The van der Waals surface area contributed by atoms with Crippen LogP contribution < -0.4 is 5.32 Å². The Hall–Kier alpha value is -2.45. The molecular formula is C16H20N4O4. The molecule has 1 aliphatic heterocycles. The van der Waals surface area contributed by atoms with Crippen molar-refractivity contribution in [3.05, 3.63) is 52.1 Å². The predicted octanol–water partition coefficient (Wildman–Crippen LogP) is 2.38. The van der Waals surface area contributed by atoms with E-state index in [-0.39, 0.29) is 11.7 Å². The van der Waals surface area contributed by atoms with Crippen LogP contribution in [0, 0.1) is 17.0 Å². The molecule has 8 nitrogen and oxygen atoms in total. The first-order valence-corrected chi connectivity index (χ1v) is 7.86. The van der Waals surface area contributed by atoms with Crippen molar-refractivity contribution < 1.29 is 14.1 Å². The maximum Gasteiger partial charge on any atom is 0.287 e. The lowest BCUT2D eigenvalue weighted by Gasteiger charge is -2.33. The molecule has 24 heavy (non-hydrogen) atoms. The molecule has 1 saturated heterocycles. The van der Waals surface area contributed by atoms with Crippen molar-refractivity contribution in [1.82, 2.24) is 9.88 Å². The number of furan rings is 1. The van der Waals surface area contributed by atoms with Gasteiger partial charge in [0, 0.05) is 25.7 Å². The molecule has 0 saturated carbocycles. The van der Waals surface area contributed by atoms with Gasteiger partial charge in [-0.05, 0) is 25.1 Å². The Morgan fingerprint density at radius 1 is 1.33 bits per heavy atom. The van der Waals surface area contributed by atoms with Gasteiger partial charge in [-0.3, -0.25) is 15.0 Å². The lowest BCUT2D eigenvalue weighted by molar-refractivity contribution is -0.385. The third kappa shape index (κ3) is 3.90. The minimum absolute atomic E-state index is 0.0214. The third-order valence-corrected chi connectivity index (χ3v) is 4.01. The average Bonchev–Trinajstić information content (AvgIpc) is 3.02. The number of aromatic nitrogens is 1. The minimum Gasteiger partial charge on any atom is -0.465 e. The highest BCUT2D eigenvalue weighted by Crippen LogP contribution is 2.24. The summed E-state index contributed by atoms with van der Waals surface area (Å²) in [6.45, 7) is 5.58. The van der Waals surface area contributed by atoms with Crippen molar-refractivity contribution >= 4 is 11.5 Å². The Balaban J connectivity index is 1.70. The summed E-state index contributed by atoms with van der Waals surface area (Å²) in [5.41, 5.74) is -0.0214. The van der Waals surface area contributed by atoms with Crippen LogP contribution in [0.25, 0.3) is 0 Å². The van der Waals surface area contributed by atoms with Crippen LogP contribution in [0.15, 0.2) is 34.9 Å². The van der Waals surface area contributed by atoms with Gasteiger partial charge >= 0.3 is 0 Å². The van der Waals surface area contributed by atoms with E-state index in [0.717, 1.165) is 24.6 Å². The Morgan fingerprint density at radius 3 is 2.71 bits per heavy atom. The van der Waals surface area contributed by atoms with Crippen molar-refractivity contribution in [2.75, 3.05) is 38.2 Å². The van der Waals surface area contributed by atoms with Crippen molar-refractivity contribution in [3.63, 3.8) is 0 Å². The number of hydrogen-bond donors (Lipinski definition) is 1. The highest BCUT2D eigenvalue weighted by Gasteiger charge is 2.25. The summed E-state index contributed by atoms with van der Waals surface area (Å²) in [7, 11) is 0. The number of ether oxygens (including phenoxy) is 1. The van der Waals surface area contributed by atoms with Crippen LogP contribution in [0.3, 0.4) is 0 Å². The van der Waals surface area contributed by atoms with Gasteiger partial charge in [0.05, 0.1) is 24.2 Å². The number of pyridine rings is 1. The molecule has 0 spiro atoms. The van der Waals surface area contributed by atoms with Crippen molar-refractivity contribution in [2.24, 2.45) is 0 Å². The fourth-order valence-corrected chi connectivity index (χ4v) is 2.73. The second-order valence-corrected chi connectivity index (χ2v) is 5.65. The SMILES string of the molecule is Cc1ccc([C@H](CNc2ccc([N+](=O)[O-])cn2)N2CCOCC2)o1. The van der Waals surface area contributed by atoms with Crippen LogP contribution in [0.4, 0.5) is 11.5 Å². The fraction of sp³-hybridized carbons (Fsp3) is 0.438. The zero-order valence-electron chi connectivity index (χ0n) is 13.5. The molecule has 3 heterocycles. The van der Waals surface area contributed by atoms with E-state index in [0.29, 0.717) is 25.6 Å². The second-order valence-electron chi connectivity index (χ2n) is 5.65. The van der Waals surface area contributed by atoms with Crippen LogP contribution in [0.5, 0.6) is 0 Å². The third-order valence-electron chi connectivity index (χ3n) is 4.01. The molecule has 0 radical (unpaired) electrons. The van der Waals surface area contributed by atoms with E-state index in [9.17, 15) is 10.1 Å². The molecule has 1 aliphatic rings. The zero-order valence-corrected chi connectivity index (χ0v) is 13.5. The Kier molecular flexibility index (Phi) is 5.07. The van der Waals surface area contributed by atoms with E-state index in [1.807, 2.05) is 19.1 Å². The van der Waals surface area contributed by atoms with E-state index < -0.39 is 4.92 Å². The van der Waals surface area contributed by atoms with Gasteiger partial charge in [-0.25, -0.2) is 4.98 Å². The van der Waals surface area contributed by atoms with Gasteiger partial charge in [0.15, 0.2) is 0 Å². The molecule has 1 atom stereocenters. The van der Waals surface area contributed by atoms with E-state index in [4.69, 9.17) is 9.15 Å². The molecule has 1 fully saturated rings. The number of nitro groups is 1. The van der Waals surface area contributed by atoms with E-state index in [1.54, 1.807) is 6.07 Å². The highest BCUT2D eigenvalue weighted by atomic mass is 16.6. The van der Waals surface area contributed by atoms with Crippen LogP contribution in [0.2, 0.25) is 0 Å². The van der Waals surface area contributed by atoms with Crippen molar-refractivity contribution in [3.8, 4) is 0 Å². The largest absolute Gasteiger partial charge is 0.465 e. The molecule has 0 aliphatic carbocycles. The number of morpholine rings is 1. The lowest BCUT2D eigenvalue weighted by atomic mass is 10.1. The molecule has 128 valence electrons. The molecule has 1 N–H and O–H groups in total. The molecule has 0 aromatic carbocycles. The van der Waals surface area contributed by atoms with Gasteiger partial charge in [-0.15, -0.1) is 0 Å². The van der Waals surface area contributed by atoms with Gasteiger partial charge < -0.3 is 14.5 Å². The topological polar surface area (TPSA) is 93.7 Å². The summed E-state index contributed by atoms with van der Waals surface area (Å²) in [5, 5.41) is 13.9. The van der Waals surface area contributed by atoms with Crippen molar-refractivity contribution in [2.45, 2.75) is 13.0 Å². The lowest BCUT2D eigenvalue weighted by Crippen LogP contribution is -2.41. The maximum absolute atomic E-state index is 10.7. The summed E-state index contributed by atoms with van der Waals surface area (Å²) < 4.78 is 11.2. The summed E-state index contributed by atoms with van der Waals surface area (Å²) >= 11 is 0. The molecule has 2 aromatic rings. The monoisotopic (exact) mass is 332 g/mol.